The van der Waals surface area contributed by atoms with E-state index < -0.39 is 0 Å². The normalized spacial score (nSPS) is 18.7. The van der Waals surface area contributed by atoms with Gasteiger partial charge in [0.2, 0.25) is 0 Å². The van der Waals surface area contributed by atoms with Gasteiger partial charge in [0.25, 0.3) is 0 Å². The van der Waals surface area contributed by atoms with E-state index in [1.54, 1.807) is 0 Å². The second-order valence-corrected chi connectivity index (χ2v) is 4.37. The lowest BCUT2D eigenvalue weighted by atomic mass is 9.84. The van der Waals surface area contributed by atoms with Crippen LogP contribution in [0.5, 0.6) is 0 Å². The lowest BCUT2D eigenvalue weighted by molar-refractivity contribution is 0.440. The lowest BCUT2D eigenvalue weighted by Crippen LogP contribution is -2.16. The third-order valence-electron chi connectivity index (χ3n) is 3.42. The molecule has 0 radical (unpaired) electrons. The summed E-state index contributed by atoms with van der Waals surface area (Å²) in [7, 11) is 1.81. The summed E-state index contributed by atoms with van der Waals surface area (Å²) in [5.41, 5.74) is 3.11. The van der Waals surface area contributed by atoms with Crippen LogP contribution in [0.15, 0.2) is 6.07 Å². The van der Waals surface area contributed by atoms with E-state index in [0.717, 1.165) is 24.6 Å². The number of aryl methyl sites for hydroxylation is 1. The molecule has 1 aliphatic carbocycles. The van der Waals surface area contributed by atoms with Crippen LogP contribution < -0.4 is 5.32 Å². The van der Waals surface area contributed by atoms with E-state index in [9.17, 15) is 0 Å². The van der Waals surface area contributed by atoms with Crippen LogP contribution in [-0.4, -0.2) is 12.0 Å². The number of aromatic nitrogens is 1. The Balaban J connectivity index is 2.39. The minimum atomic E-state index is 0.665. The van der Waals surface area contributed by atoms with Crippen molar-refractivity contribution in [3.8, 4) is 6.07 Å². The Labute approximate surface area is 96.5 Å². The Kier molecular flexibility index (Phi) is 3.09. The molecule has 0 amide bonds. The zero-order valence-electron chi connectivity index (χ0n) is 9.88. The second kappa shape index (κ2) is 4.52. The van der Waals surface area contributed by atoms with Gasteiger partial charge in [0.05, 0.1) is 5.56 Å². The first-order valence-electron chi connectivity index (χ1n) is 5.89. The molecule has 3 nitrogen and oxygen atoms in total. The van der Waals surface area contributed by atoms with Crippen LogP contribution in [0, 0.1) is 17.2 Å². The quantitative estimate of drug-likeness (QED) is 0.824. The number of hydrogen-bond acceptors (Lipinski definition) is 3. The fourth-order valence-electron chi connectivity index (χ4n) is 2.36. The Hall–Kier alpha value is -1.56. The highest BCUT2D eigenvalue weighted by atomic mass is 15.0. The van der Waals surface area contributed by atoms with Gasteiger partial charge < -0.3 is 5.32 Å². The van der Waals surface area contributed by atoms with Crippen molar-refractivity contribution in [3.63, 3.8) is 0 Å². The molecule has 0 saturated heterocycles. The summed E-state index contributed by atoms with van der Waals surface area (Å²) >= 11 is 0. The number of nitrogens with one attached hydrogen (secondary N) is 1. The van der Waals surface area contributed by atoms with E-state index >= 15 is 0 Å². The molecule has 0 fully saturated rings. The Morgan fingerprint density at radius 2 is 2.44 bits per heavy atom. The summed E-state index contributed by atoms with van der Waals surface area (Å²) < 4.78 is 0. The number of nitrogens with zero attached hydrogens (tertiary/aromatic N) is 2. The van der Waals surface area contributed by atoms with Gasteiger partial charge in [-0.15, -0.1) is 0 Å². The van der Waals surface area contributed by atoms with Crippen molar-refractivity contribution in [2.45, 2.75) is 32.6 Å². The maximum absolute atomic E-state index is 9.04. The highest BCUT2D eigenvalue weighted by Crippen LogP contribution is 2.28. The van der Waals surface area contributed by atoms with Crippen LogP contribution in [0.1, 0.15) is 36.6 Å². The fraction of sp³-hybridized carbons (Fsp3) is 0.538. The molecular formula is C13H17N3. The Bertz CT molecular complexity index is 432. The van der Waals surface area contributed by atoms with E-state index in [4.69, 9.17) is 5.26 Å². The minimum Gasteiger partial charge on any atom is -0.372 e. The van der Waals surface area contributed by atoms with Gasteiger partial charge in [0.15, 0.2) is 0 Å². The summed E-state index contributed by atoms with van der Waals surface area (Å²) in [6, 6.07) is 4.21. The molecule has 3 heteroatoms. The van der Waals surface area contributed by atoms with E-state index in [1.165, 1.54) is 24.1 Å². The average Bonchev–Trinajstić information content (AvgIpc) is 2.36. The monoisotopic (exact) mass is 215 g/mol. The lowest BCUT2D eigenvalue weighted by Gasteiger charge is -2.23. The van der Waals surface area contributed by atoms with Crippen molar-refractivity contribution in [1.82, 2.24) is 4.98 Å². The van der Waals surface area contributed by atoms with E-state index in [2.05, 4.69) is 23.3 Å². The molecule has 16 heavy (non-hydrogen) atoms. The zero-order chi connectivity index (χ0) is 11.5. The molecule has 1 atom stereocenters. The molecule has 1 heterocycles. The molecule has 2 rings (SSSR count). The summed E-state index contributed by atoms with van der Waals surface area (Å²) in [4.78, 5) is 4.54. The van der Waals surface area contributed by atoms with Crippen molar-refractivity contribution in [3.05, 3.63) is 22.9 Å². The molecule has 1 N–H and O–H groups in total. The van der Waals surface area contributed by atoms with Crippen LogP contribution in [0.25, 0.3) is 0 Å². The summed E-state index contributed by atoms with van der Waals surface area (Å²) in [6.45, 7) is 2.23. The van der Waals surface area contributed by atoms with E-state index in [0.29, 0.717) is 5.56 Å². The minimum absolute atomic E-state index is 0.665. The predicted molar refractivity (Wildman–Crippen MR) is 64.3 cm³/mol. The standard InChI is InChI=1S/C13H17N3/c1-3-9-4-5-12-10(6-9)7-11(8-14)13(15-2)16-12/h7,9H,3-6H2,1-2H3,(H,15,16). The van der Waals surface area contributed by atoms with Crippen molar-refractivity contribution in [2.24, 2.45) is 5.92 Å². The molecule has 0 saturated carbocycles. The van der Waals surface area contributed by atoms with E-state index in [-0.39, 0.29) is 0 Å². The molecule has 1 unspecified atom stereocenters. The number of hydrogen-bond donors (Lipinski definition) is 1. The number of rotatable bonds is 2. The van der Waals surface area contributed by atoms with Crippen LogP contribution in [0.3, 0.4) is 0 Å². The molecule has 0 spiro atoms. The van der Waals surface area contributed by atoms with Gasteiger partial charge in [-0.1, -0.05) is 13.3 Å². The first kappa shape index (κ1) is 10.9. The van der Waals surface area contributed by atoms with Gasteiger partial charge in [-0.2, -0.15) is 5.26 Å². The molecule has 0 bridgehead atoms. The smallest absolute Gasteiger partial charge is 0.143 e. The third kappa shape index (κ3) is 1.88. The first-order valence-corrected chi connectivity index (χ1v) is 5.89. The summed E-state index contributed by atoms with van der Waals surface area (Å²) in [5, 5.41) is 12.0. The number of anilines is 1. The van der Waals surface area contributed by atoms with Crippen molar-refractivity contribution in [1.29, 1.82) is 5.26 Å². The van der Waals surface area contributed by atoms with Gasteiger partial charge in [-0.25, -0.2) is 4.98 Å². The molecule has 0 aliphatic heterocycles. The van der Waals surface area contributed by atoms with Crippen LogP contribution in [-0.2, 0) is 12.8 Å². The topological polar surface area (TPSA) is 48.7 Å². The number of nitriles is 1. The molecule has 0 aromatic carbocycles. The molecule has 84 valence electrons. The molecule has 1 aliphatic rings. The van der Waals surface area contributed by atoms with Gasteiger partial charge >= 0.3 is 0 Å². The van der Waals surface area contributed by atoms with Gasteiger partial charge in [0, 0.05) is 12.7 Å². The van der Waals surface area contributed by atoms with Crippen LogP contribution in [0.4, 0.5) is 5.82 Å². The number of pyridine rings is 1. The van der Waals surface area contributed by atoms with Crippen molar-refractivity contribution < 1.29 is 0 Å². The maximum Gasteiger partial charge on any atom is 0.143 e. The predicted octanol–water partition coefficient (Wildman–Crippen LogP) is 2.51. The Morgan fingerprint density at radius 3 is 3.06 bits per heavy atom. The van der Waals surface area contributed by atoms with Crippen LogP contribution >= 0.6 is 0 Å². The average molecular weight is 215 g/mol. The second-order valence-electron chi connectivity index (χ2n) is 4.37. The molecular weight excluding hydrogens is 198 g/mol. The van der Waals surface area contributed by atoms with Gasteiger partial charge in [-0.3, -0.25) is 0 Å². The summed E-state index contributed by atoms with van der Waals surface area (Å²) in [5.74, 6) is 1.48. The number of fused-ring (bicyclic) bond motifs is 1. The van der Waals surface area contributed by atoms with E-state index in [1.807, 2.05) is 13.1 Å². The molecule has 1 aromatic rings. The summed E-state index contributed by atoms with van der Waals surface area (Å²) in [6.07, 6.45) is 4.58. The fourth-order valence-corrected chi connectivity index (χ4v) is 2.36. The largest absolute Gasteiger partial charge is 0.372 e. The Morgan fingerprint density at radius 1 is 1.62 bits per heavy atom. The first-order chi connectivity index (χ1) is 7.78. The maximum atomic E-state index is 9.04. The van der Waals surface area contributed by atoms with Crippen molar-refractivity contribution >= 4 is 5.82 Å². The van der Waals surface area contributed by atoms with Gasteiger partial charge in [0.1, 0.15) is 11.9 Å². The SMILES string of the molecule is CCC1CCc2nc(NC)c(C#N)cc2C1. The van der Waals surface area contributed by atoms with Crippen LogP contribution in [0.2, 0.25) is 0 Å². The third-order valence-corrected chi connectivity index (χ3v) is 3.42. The molecule has 1 aromatic heterocycles. The highest BCUT2D eigenvalue weighted by molar-refractivity contribution is 5.54. The van der Waals surface area contributed by atoms with Crippen molar-refractivity contribution in [2.75, 3.05) is 12.4 Å². The van der Waals surface area contributed by atoms with Gasteiger partial charge in [-0.05, 0) is 36.8 Å². The zero-order valence-corrected chi connectivity index (χ0v) is 9.88. The highest BCUT2D eigenvalue weighted by Gasteiger charge is 2.20.